The van der Waals surface area contributed by atoms with Gasteiger partial charge in [-0.25, -0.2) is 4.79 Å². The third-order valence-corrected chi connectivity index (χ3v) is 2.09. The third kappa shape index (κ3) is 3.03. The van der Waals surface area contributed by atoms with Gasteiger partial charge in [0.2, 0.25) is 0 Å². The Morgan fingerprint density at radius 3 is 2.41 bits per heavy atom. The Morgan fingerprint density at radius 1 is 1.24 bits per heavy atom. The highest BCUT2D eigenvalue weighted by Crippen LogP contribution is 2.35. The number of anilines is 1. The van der Waals surface area contributed by atoms with Gasteiger partial charge in [0.1, 0.15) is 0 Å². The van der Waals surface area contributed by atoms with E-state index in [0.717, 1.165) is 0 Å². The predicted molar refractivity (Wildman–Crippen MR) is 64.5 cm³/mol. The predicted octanol–water partition coefficient (Wildman–Crippen LogP) is 1.85. The molecule has 0 heterocycles. The Balaban J connectivity index is 3.19. The van der Waals surface area contributed by atoms with Gasteiger partial charge >= 0.3 is 5.97 Å². The second kappa shape index (κ2) is 5.98. The average Bonchev–Trinajstić information content (AvgIpc) is 2.32. The number of benzene rings is 1. The Kier molecular flexibility index (Phi) is 4.63. The molecule has 0 saturated heterocycles. The van der Waals surface area contributed by atoms with Crippen molar-refractivity contribution in [2.75, 3.05) is 26.1 Å². The number of ether oxygens (including phenoxy) is 3. The highest BCUT2D eigenvalue weighted by Gasteiger charge is 2.15. The van der Waals surface area contributed by atoms with E-state index in [1.54, 1.807) is 6.07 Å². The van der Waals surface area contributed by atoms with Crippen molar-refractivity contribution < 1.29 is 19.0 Å². The zero-order chi connectivity index (χ0) is 12.8. The molecule has 0 aliphatic rings. The first-order chi connectivity index (χ1) is 8.13. The lowest BCUT2D eigenvalue weighted by Gasteiger charge is -2.14. The van der Waals surface area contributed by atoms with Crippen LogP contribution in [-0.4, -0.2) is 26.3 Å². The molecule has 0 aromatic heterocycles. The third-order valence-electron chi connectivity index (χ3n) is 2.09. The molecule has 94 valence electrons. The van der Waals surface area contributed by atoms with Gasteiger partial charge in [0.15, 0.2) is 11.5 Å². The molecule has 0 bridgehead atoms. The van der Waals surface area contributed by atoms with Crippen LogP contribution in [-0.2, 0) is 4.74 Å². The van der Waals surface area contributed by atoms with Crippen LogP contribution in [0.4, 0.5) is 5.69 Å². The maximum atomic E-state index is 11.4. The molecule has 0 aliphatic carbocycles. The van der Waals surface area contributed by atoms with Crippen molar-refractivity contribution in [3.63, 3.8) is 0 Å². The molecule has 0 saturated carbocycles. The van der Waals surface area contributed by atoms with Crippen molar-refractivity contribution in [1.29, 1.82) is 0 Å². The van der Waals surface area contributed by atoms with Gasteiger partial charge in [0.05, 0.1) is 31.6 Å². The number of nitrogen functional groups attached to an aromatic ring is 1. The number of rotatable bonds is 5. The summed E-state index contributed by atoms with van der Waals surface area (Å²) in [5.41, 5.74) is 6.52. The first-order valence-corrected chi connectivity index (χ1v) is 5.41. The van der Waals surface area contributed by atoms with E-state index in [2.05, 4.69) is 4.74 Å². The van der Waals surface area contributed by atoms with E-state index >= 15 is 0 Å². The number of carbonyl (C=O) groups excluding carboxylic acids is 1. The Morgan fingerprint density at radius 2 is 1.88 bits per heavy atom. The van der Waals surface area contributed by atoms with E-state index in [9.17, 15) is 4.79 Å². The molecule has 1 aromatic carbocycles. The minimum atomic E-state index is -0.458. The molecule has 17 heavy (non-hydrogen) atoms. The summed E-state index contributed by atoms with van der Waals surface area (Å²) in [6, 6.07) is 3.08. The van der Waals surface area contributed by atoms with Crippen LogP contribution in [0.3, 0.4) is 0 Å². The molecule has 0 aliphatic heterocycles. The monoisotopic (exact) mass is 239 g/mol. The van der Waals surface area contributed by atoms with Gasteiger partial charge in [0, 0.05) is 0 Å². The first-order valence-electron chi connectivity index (χ1n) is 5.41. The van der Waals surface area contributed by atoms with Crippen LogP contribution < -0.4 is 15.2 Å². The lowest BCUT2D eigenvalue weighted by atomic mass is 10.1. The van der Waals surface area contributed by atoms with Crippen molar-refractivity contribution in [2.24, 2.45) is 0 Å². The first kappa shape index (κ1) is 13.2. The molecule has 0 atom stereocenters. The van der Waals surface area contributed by atoms with Crippen molar-refractivity contribution in [1.82, 2.24) is 0 Å². The van der Waals surface area contributed by atoms with E-state index in [-0.39, 0.29) is 0 Å². The maximum absolute atomic E-state index is 11.4. The lowest BCUT2D eigenvalue weighted by Crippen LogP contribution is -2.07. The highest BCUT2D eigenvalue weighted by atomic mass is 16.5. The Hall–Kier alpha value is -1.91. The summed E-state index contributed by atoms with van der Waals surface area (Å²) >= 11 is 0. The number of esters is 1. The minimum absolute atomic E-state index is 0.344. The van der Waals surface area contributed by atoms with Gasteiger partial charge in [-0.3, -0.25) is 0 Å². The summed E-state index contributed by atoms with van der Waals surface area (Å²) in [6.07, 6.45) is 0. The summed E-state index contributed by atoms with van der Waals surface area (Å²) < 4.78 is 15.4. The maximum Gasteiger partial charge on any atom is 0.338 e. The van der Waals surface area contributed by atoms with E-state index in [1.807, 2.05) is 13.8 Å². The van der Waals surface area contributed by atoms with E-state index in [1.165, 1.54) is 13.2 Å². The molecule has 1 aromatic rings. The van der Waals surface area contributed by atoms with Crippen LogP contribution in [0.2, 0.25) is 0 Å². The molecular formula is C12H17NO4. The molecule has 0 spiro atoms. The SMILES string of the molecule is CCOc1cc(C(=O)OC)cc(N)c1OCC. The summed E-state index contributed by atoms with van der Waals surface area (Å²) in [5, 5.41) is 0. The minimum Gasteiger partial charge on any atom is -0.490 e. The topological polar surface area (TPSA) is 70.8 Å². The zero-order valence-electron chi connectivity index (χ0n) is 10.3. The largest absolute Gasteiger partial charge is 0.490 e. The van der Waals surface area contributed by atoms with Crippen molar-refractivity contribution in [3.8, 4) is 11.5 Å². The van der Waals surface area contributed by atoms with Crippen LogP contribution in [0.25, 0.3) is 0 Å². The summed E-state index contributed by atoms with van der Waals surface area (Å²) in [4.78, 5) is 11.4. The Bertz CT molecular complexity index is 404. The molecule has 1 rings (SSSR count). The Labute approximate surface area is 100 Å². The number of methoxy groups -OCH3 is 1. The molecule has 0 unspecified atom stereocenters. The van der Waals surface area contributed by atoms with Crippen molar-refractivity contribution in [3.05, 3.63) is 17.7 Å². The van der Waals surface area contributed by atoms with Crippen LogP contribution in [0.5, 0.6) is 11.5 Å². The van der Waals surface area contributed by atoms with E-state index in [4.69, 9.17) is 15.2 Å². The van der Waals surface area contributed by atoms with Crippen LogP contribution >= 0.6 is 0 Å². The van der Waals surface area contributed by atoms with Crippen LogP contribution in [0, 0.1) is 0 Å². The number of hydrogen-bond donors (Lipinski definition) is 1. The normalized spacial score (nSPS) is 9.82. The summed E-state index contributed by atoms with van der Waals surface area (Å²) in [5.74, 6) is 0.456. The standard InChI is InChI=1S/C12H17NO4/c1-4-16-10-7-8(12(14)15-3)6-9(13)11(10)17-5-2/h6-7H,4-5,13H2,1-3H3. The van der Waals surface area contributed by atoms with Crippen molar-refractivity contribution >= 4 is 11.7 Å². The molecule has 5 nitrogen and oxygen atoms in total. The van der Waals surface area contributed by atoms with Gasteiger partial charge in [-0.15, -0.1) is 0 Å². The summed E-state index contributed by atoms with van der Waals surface area (Å²) in [6.45, 7) is 4.63. The zero-order valence-corrected chi connectivity index (χ0v) is 10.3. The number of nitrogens with two attached hydrogens (primary N) is 1. The van der Waals surface area contributed by atoms with E-state index < -0.39 is 5.97 Å². The average molecular weight is 239 g/mol. The van der Waals surface area contributed by atoms with Gasteiger partial charge in [0.25, 0.3) is 0 Å². The fourth-order valence-electron chi connectivity index (χ4n) is 1.42. The highest BCUT2D eigenvalue weighted by molar-refractivity contribution is 5.92. The van der Waals surface area contributed by atoms with Gasteiger partial charge in [-0.1, -0.05) is 0 Å². The lowest BCUT2D eigenvalue weighted by molar-refractivity contribution is 0.0600. The molecule has 5 heteroatoms. The molecule has 2 N–H and O–H groups in total. The quantitative estimate of drug-likeness (QED) is 0.627. The molecule has 0 amide bonds. The number of hydrogen-bond acceptors (Lipinski definition) is 5. The van der Waals surface area contributed by atoms with Gasteiger partial charge < -0.3 is 19.9 Å². The smallest absolute Gasteiger partial charge is 0.338 e. The van der Waals surface area contributed by atoms with Crippen LogP contribution in [0.15, 0.2) is 12.1 Å². The van der Waals surface area contributed by atoms with E-state index in [0.29, 0.717) is 36.0 Å². The second-order valence-corrected chi connectivity index (χ2v) is 3.25. The van der Waals surface area contributed by atoms with Crippen LogP contribution in [0.1, 0.15) is 24.2 Å². The number of carbonyl (C=O) groups is 1. The summed E-state index contributed by atoms with van der Waals surface area (Å²) in [7, 11) is 1.31. The van der Waals surface area contributed by atoms with Gasteiger partial charge in [-0.2, -0.15) is 0 Å². The fraction of sp³-hybridized carbons (Fsp3) is 0.417. The second-order valence-electron chi connectivity index (χ2n) is 3.25. The molecule has 0 radical (unpaired) electrons. The molecular weight excluding hydrogens is 222 g/mol. The fourth-order valence-corrected chi connectivity index (χ4v) is 1.42. The van der Waals surface area contributed by atoms with Gasteiger partial charge in [-0.05, 0) is 26.0 Å². The molecule has 0 fully saturated rings. The van der Waals surface area contributed by atoms with Crippen molar-refractivity contribution in [2.45, 2.75) is 13.8 Å².